The maximum Gasteiger partial charge on any atom is 0.313 e. The first-order valence-electron chi connectivity index (χ1n) is 9.21. The minimum absolute atomic E-state index is 0.0453. The third kappa shape index (κ3) is 3.15. The summed E-state index contributed by atoms with van der Waals surface area (Å²) < 4.78 is 5.39. The summed E-state index contributed by atoms with van der Waals surface area (Å²) in [5, 5.41) is 0. The third-order valence-electron chi connectivity index (χ3n) is 6.04. The second-order valence-corrected chi connectivity index (χ2v) is 7.89. The number of Topliss-reactive ketones (excluding diaryl/α,β-unsaturated/α-hetero) is 1. The zero-order valence-electron chi connectivity index (χ0n) is 14.6. The Balaban J connectivity index is 1.49. The van der Waals surface area contributed by atoms with E-state index in [2.05, 4.69) is 35.7 Å². The van der Waals surface area contributed by atoms with Crippen LogP contribution in [0.15, 0.2) is 36.4 Å². The highest BCUT2D eigenvalue weighted by molar-refractivity contribution is 5.81. The van der Waals surface area contributed by atoms with Crippen LogP contribution in [0.3, 0.4) is 0 Å². The monoisotopic (exact) mass is 339 g/mol. The lowest BCUT2D eigenvalue weighted by Crippen LogP contribution is -2.33. The molecule has 0 bridgehead atoms. The van der Waals surface area contributed by atoms with E-state index in [9.17, 15) is 9.59 Å². The van der Waals surface area contributed by atoms with Gasteiger partial charge in [0.15, 0.2) is 0 Å². The van der Waals surface area contributed by atoms with Crippen molar-refractivity contribution in [2.45, 2.75) is 38.6 Å². The average Bonchev–Trinajstić information content (AvgIpc) is 3.05. The summed E-state index contributed by atoms with van der Waals surface area (Å²) in [5.41, 5.74) is 3.23. The van der Waals surface area contributed by atoms with Gasteiger partial charge in [0.05, 0.1) is 12.0 Å². The van der Waals surface area contributed by atoms with Crippen LogP contribution in [0.1, 0.15) is 36.8 Å². The number of esters is 1. The van der Waals surface area contributed by atoms with E-state index in [1.165, 1.54) is 16.7 Å². The first kappa shape index (κ1) is 16.5. The van der Waals surface area contributed by atoms with Gasteiger partial charge in [-0.15, -0.1) is 0 Å². The molecule has 1 aliphatic carbocycles. The summed E-state index contributed by atoms with van der Waals surface area (Å²) in [6, 6.07) is 8.54. The number of hydrogen-bond acceptors (Lipinski definition) is 4. The number of likely N-dealkylation sites (tertiary alicyclic amines) is 1. The predicted molar refractivity (Wildman–Crippen MR) is 94.9 cm³/mol. The largest absolute Gasteiger partial charge is 0.465 e. The lowest BCUT2D eigenvalue weighted by molar-refractivity contribution is -0.146. The van der Waals surface area contributed by atoms with Gasteiger partial charge in [-0.1, -0.05) is 36.4 Å². The third-order valence-corrected chi connectivity index (χ3v) is 6.04. The van der Waals surface area contributed by atoms with E-state index < -0.39 is 5.41 Å². The van der Waals surface area contributed by atoms with E-state index in [1.54, 1.807) is 0 Å². The molecule has 25 heavy (non-hydrogen) atoms. The Morgan fingerprint density at radius 2 is 1.96 bits per heavy atom. The molecule has 4 heteroatoms. The van der Waals surface area contributed by atoms with Crippen LogP contribution < -0.4 is 0 Å². The number of fused-ring (bicyclic) bond motifs is 1. The van der Waals surface area contributed by atoms with E-state index in [0.717, 1.165) is 38.9 Å². The van der Waals surface area contributed by atoms with Gasteiger partial charge in [0.2, 0.25) is 0 Å². The van der Waals surface area contributed by atoms with Gasteiger partial charge in [-0.25, -0.2) is 0 Å². The lowest BCUT2D eigenvalue weighted by Gasteiger charge is -2.27. The van der Waals surface area contributed by atoms with Crippen molar-refractivity contribution in [2.24, 2.45) is 11.3 Å². The van der Waals surface area contributed by atoms with Crippen LogP contribution in [0, 0.1) is 11.3 Å². The van der Waals surface area contributed by atoms with Gasteiger partial charge in [0, 0.05) is 38.4 Å². The van der Waals surface area contributed by atoms with Gasteiger partial charge in [0.25, 0.3) is 0 Å². The van der Waals surface area contributed by atoms with Crippen molar-refractivity contribution in [3.8, 4) is 0 Å². The zero-order chi connectivity index (χ0) is 17.4. The molecule has 2 saturated heterocycles. The Bertz CT molecular complexity index is 716. The highest BCUT2D eigenvalue weighted by Gasteiger charge is 2.55. The zero-order valence-corrected chi connectivity index (χ0v) is 14.6. The number of benzene rings is 1. The van der Waals surface area contributed by atoms with Gasteiger partial charge in [0.1, 0.15) is 5.78 Å². The molecule has 1 aromatic rings. The number of hydrogen-bond donors (Lipinski definition) is 0. The molecule has 3 aliphatic rings. The molecule has 0 amide bonds. The SMILES string of the molecule is C=C1CC2COC(=O)C2(Cc2cccc(CN3CCC(=O)CC3)c2)C1. The number of allylic oxidation sites excluding steroid dienone is 1. The van der Waals surface area contributed by atoms with Gasteiger partial charge in [-0.2, -0.15) is 0 Å². The van der Waals surface area contributed by atoms with Crippen molar-refractivity contribution in [3.05, 3.63) is 47.5 Å². The number of rotatable bonds is 4. The van der Waals surface area contributed by atoms with Crippen LogP contribution in [0.2, 0.25) is 0 Å². The molecule has 1 aromatic carbocycles. The van der Waals surface area contributed by atoms with Gasteiger partial charge in [-0.3, -0.25) is 14.5 Å². The summed E-state index contributed by atoms with van der Waals surface area (Å²) in [5.74, 6) is 0.608. The number of carbonyl (C=O) groups is 2. The molecule has 2 aliphatic heterocycles. The van der Waals surface area contributed by atoms with E-state index >= 15 is 0 Å². The molecule has 0 N–H and O–H groups in total. The summed E-state index contributed by atoms with van der Waals surface area (Å²) >= 11 is 0. The van der Waals surface area contributed by atoms with Gasteiger partial charge < -0.3 is 4.74 Å². The van der Waals surface area contributed by atoms with Crippen molar-refractivity contribution in [2.75, 3.05) is 19.7 Å². The first-order chi connectivity index (χ1) is 12.0. The Morgan fingerprint density at radius 1 is 1.20 bits per heavy atom. The van der Waals surface area contributed by atoms with Crippen LogP contribution >= 0.6 is 0 Å². The number of ketones is 1. The maximum atomic E-state index is 12.5. The van der Waals surface area contributed by atoms with E-state index in [1.807, 2.05) is 0 Å². The highest BCUT2D eigenvalue weighted by Crippen LogP contribution is 2.52. The van der Waals surface area contributed by atoms with Gasteiger partial charge >= 0.3 is 5.97 Å². The molecule has 0 spiro atoms. The van der Waals surface area contributed by atoms with Crippen LogP contribution in [0.4, 0.5) is 0 Å². The Morgan fingerprint density at radius 3 is 2.76 bits per heavy atom. The van der Waals surface area contributed by atoms with Crippen molar-refractivity contribution < 1.29 is 14.3 Å². The number of piperidine rings is 1. The average molecular weight is 339 g/mol. The minimum Gasteiger partial charge on any atom is -0.465 e. The molecule has 0 aromatic heterocycles. The quantitative estimate of drug-likeness (QED) is 0.625. The van der Waals surface area contributed by atoms with E-state index in [4.69, 9.17) is 4.74 Å². The first-order valence-corrected chi connectivity index (χ1v) is 9.21. The molecule has 2 heterocycles. The maximum absolute atomic E-state index is 12.5. The highest BCUT2D eigenvalue weighted by atomic mass is 16.5. The predicted octanol–water partition coefficient (Wildman–Crippen LogP) is 2.90. The number of cyclic esters (lactones) is 1. The molecule has 1 saturated carbocycles. The Kier molecular flexibility index (Phi) is 4.24. The van der Waals surface area contributed by atoms with Gasteiger partial charge in [-0.05, 0) is 30.4 Å². The molecule has 4 rings (SSSR count). The molecule has 0 radical (unpaired) electrons. The van der Waals surface area contributed by atoms with Crippen LogP contribution in [0.25, 0.3) is 0 Å². The fourth-order valence-electron chi connectivity index (χ4n) is 4.68. The number of ether oxygens (including phenoxy) is 1. The lowest BCUT2D eigenvalue weighted by atomic mass is 9.75. The molecule has 2 unspecified atom stereocenters. The molecule has 4 nitrogen and oxygen atoms in total. The summed E-state index contributed by atoms with van der Waals surface area (Å²) in [6.45, 7) is 7.22. The molecule has 2 atom stereocenters. The summed E-state index contributed by atoms with van der Waals surface area (Å²) in [4.78, 5) is 26.2. The van der Waals surface area contributed by atoms with Crippen molar-refractivity contribution in [3.63, 3.8) is 0 Å². The number of carbonyl (C=O) groups excluding carboxylic acids is 2. The Hall–Kier alpha value is -1.94. The minimum atomic E-state index is -0.396. The van der Waals surface area contributed by atoms with Crippen LogP contribution in [-0.4, -0.2) is 36.3 Å². The second-order valence-electron chi connectivity index (χ2n) is 7.89. The van der Waals surface area contributed by atoms with Crippen molar-refractivity contribution in [1.82, 2.24) is 4.90 Å². The fraction of sp³-hybridized carbons (Fsp3) is 0.524. The summed E-state index contributed by atoms with van der Waals surface area (Å²) in [6.07, 6.45) is 3.74. The molecule has 3 fully saturated rings. The fourth-order valence-corrected chi connectivity index (χ4v) is 4.68. The molecule has 132 valence electrons. The van der Waals surface area contributed by atoms with Crippen LogP contribution in [-0.2, 0) is 27.3 Å². The van der Waals surface area contributed by atoms with E-state index in [-0.39, 0.29) is 11.9 Å². The molecular weight excluding hydrogens is 314 g/mol. The topological polar surface area (TPSA) is 46.6 Å². The smallest absolute Gasteiger partial charge is 0.313 e. The van der Waals surface area contributed by atoms with Crippen LogP contribution in [0.5, 0.6) is 0 Å². The normalized spacial score (nSPS) is 29.8. The number of nitrogens with zero attached hydrogens (tertiary/aromatic N) is 1. The Labute approximate surface area is 148 Å². The van der Waals surface area contributed by atoms with Crippen molar-refractivity contribution in [1.29, 1.82) is 0 Å². The standard InChI is InChI=1S/C21H25NO3/c1-15-9-18-14-25-20(24)21(18,11-15)12-16-3-2-4-17(10-16)13-22-7-5-19(23)6-8-22/h2-4,10,18H,1,5-9,11-14H2. The van der Waals surface area contributed by atoms with Crippen molar-refractivity contribution >= 4 is 11.8 Å². The molecular formula is C21H25NO3. The summed E-state index contributed by atoms with van der Waals surface area (Å²) in [7, 11) is 0. The second kappa shape index (κ2) is 6.41. The van der Waals surface area contributed by atoms with E-state index in [0.29, 0.717) is 25.2 Å².